The summed E-state index contributed by atoms with van der Waals surface area (Å²) in [7, 11) is 0. The Morgan fingerprint density at radius 2 is 1.80 bits per heavy atom. The van der Waals surface area contributed by atoms with Gasteiger partial charge >= 0.3 is 6.18 Å². The fourth-order valence-electron chi connectivity index (χ4n) is 3.09. The Morgan fingerprint density at radius 1 is 1.03 bits per heavy atom. The molecule has 0 aliphatic heterocycles. The molecule has 1 N–H and O–H groups in total. The maximum Gasteiger partial charge on any atom is 0.418 e. The van der Waals surface area contributed by atoms with E-state index in [9.17, 15) is 18.0 Å². The molecule has 0 radical (unpaired) electrons. The number of nitrogens with one attached hydrogen (secondary N) is 1. The number of fused-ring (bicyclic) bond motifs is 1. The first-order chi connectivity index (χ1) is 14.3. The largest absolute Gasteiger partial charge is 0.418 e. The number of carbonyl (C=O) groups excluding carboxylic acids is 1. The topological polar surface area (TPSA) is 42.0 Å². The minimum Gasteiger partial charge on any atom is -0.346 e. The van der Waals surface area contributed by atoms with Crippen LogP contribution in [0, 0.1) is 0 Å². The molecular formula is C22H14ClF3N2OS. The molecule has 0 aliphatic carbocycles. The van der Waals surface area contributed by atoms with Gasteiger partial charge in [0.1, 0.15) is 5.69 Å². The van der Waals surface area contributed by atoms with E-state index in [4.69, 9.17) is 11.6 Å². The average molecular weight is 447 g/mol. The number of halogens is 4. The van der Waals surface area contributed by atoms with E-state index in [-0.39, 0.29) is 28.2 Å². The molecule has 8 heteroatoms. The predicted molar refractivity (Wildman–Crippen MR) is 113 cm³/mol. The standard InChI is InChI=1S/C22H14ClF3N2OS/c23-18-11-19(21(29)27-12-15-7-4-8-30-15)28-20-16(18)9-14(10-17(20)22(24,25)26)13-5-2-1-3-6-13/h1-11H,12H2,(H,27,29). The van der Waals surface area contributed by atoms with Crippen LogP contribution >= 0.6 is 22.9 Å². The van der Waals surface area contributed by atoms with Crippen molar-refractivity contribution in [1.82, 2.24) is 10.3 Å². The molecule has 0 aliphatic rings. The number of amides is 1. The van der Waals surface area contributed by atoms with Gasteiger partial charge in [-0.25, -0.2) is 4.98 Å². The zero-order valence-corrected chi connectivity index (χ0v) is 16.9. The number of aromatic nitrogens is 1. The van der Waals surface area contributed by atoms with Gasteiger partial charge in [-0.3, -0.25) is 4.79 Å². The average Bonchev–Trinajstić information content (AvgIpc) is 3.25. The number of nitrogens with zero attached hydrogens (tertiary/aromatic N) is 1. The van der Waals surface area contributed by atoms with Crippen molar-refractivity contribution in [3.63, 3.8) is 0 Å². The maximum absolute atomic E-state index is 13.8. The molecule has 152 valence electrons. The normalized spacial score (nSPS) is 11.6. The molecule has 2 aromatic carbocycles. The first-order valence-electron chi connectivity index (χ1n) is 8.90. The Kier molecular flexibility index (Phi) is 5.49. The molecule has 2 aromatic heterocycles. The summed E-state index contributed by atoms with van der Waals surface area (Å²) in [6, 6.07) is 16.3. The van der Waals surface area contributed by atoms with Crippen molar-refractivity contribution in [2.24, 2.45) is 0 Å². The second kappa shape index (κ2) is 8.08. The Balaban J connectivity index is 1.80. The molecule has 4 aromatic rings. The molecule has 0 spiro atoms. The van der Waals surface area contributed by atoms with Crippen LogP contribution in [0.3, 0.4) is 0 Å². The molecule has 0 atom stereocenters. The molecule has 2 heterocycles. The highest BCUT2D eigenvalue weighted by atomic mass is 35.5. The number of alkyl halides is 3. The number of hydrogen-bond acceptors (Lipinski definition) is 3. The zero-order valence-electron chi connectivity index (χ0n) is 15.3. The summed E-state index contributed by atoms with van der Waals surface area (Å²) in [5.74, 6) is -0.590. The maximum atomic E-state index is 13.8. The van der Waals surface area contributed by atoms with Crippen molar-refractivity contribution >= 4 is 39.7 Å². The van der Waals surface area contributed by atoms with Gasteiger partial charge in [0, 0.05) is 10.3 Å². The number of pyridine rings is 1. The summed E-state index contributed by atoms with van der Waals surface area (Å²) in [5.41, 5.74) is -0.459. The summed E-state index contributed by atoms with van der Waals surface area (Å²) in [6.45, 7) is 0.257. The van der Waals surface area contributed by atoms with Gasteiger partial charge in [0.05, 0.1) is 22.6 Å². The van der Waals surface area contributed by atoms with E-state index in [1.54, 1.807) is 36.4 Å². The number of benzene rings is 2. The molecule has 0 unspecified atom stereocenters. The number of carbonyl (C=O) groups is 1. The van der Waals surface area contributed by atoms with Gasteiger partial charge in [0.15, 0.2) is 0 Å². The Labute approximate surface area is 179 Å². The molecule has 1 amide bonds. The Bertz CT molecular complexity index is 1210. The van der Waals surface area contributed by atoms with Crippen LogP contribution in [-0.2, 0) is 12.7 Å². The van der Waals surface area contributed by atoms with E-state index in [0.717, 1.165) is 10.9 Å². The lowest BCUT2D eigenvalue weighted by atomic mass is 9.99. The number of rotatable bonds is 4. The molecule has 0 fully saturated rings. The Morgan fingerprint density at radius 3 is 2.47 bits per heavy atom. The van der Waals surface area contributed by atoms with Gasteiger partial charge in [0.25, 0.3) is 5.91 Å². The second-order valence-electron chi connectivity index (χ2n) is 6.54. The number of hydrogen-bond donors (Lipinski definition) is 1. The van der Waals surface area contributed by atoms with Crippen molar-refractivity contribution in [2.45, 2.75) is 12.7 Å². The van der Waals surface area contributed by atoms with Crippen LogP contribution in [0.4, 0.5) is 13.2 Å². The number of thiophene rings is 1. The third kappa shape index (κ3) is 4.17. The van der Waals surface area contributed by atoms with E-state index in [0.29, 0.717) is 11.1 Å². The zero-order chi connectivity index (χ0) is 21.3. The summed E-state index contributed by atoms with van der Waals surface area (Å²) < 4.78 is 41.5. The van der Waals surface area contributed by atoms with Crippen LogP contribution in [0.5, 0.6) is 0 Å². The first kappa shape index (κ1) is 20.4. The van der Waals surface area contributed by atoms with Crippen molar-refractivity contribution in [1.29, 1.82) is 0 Å². The monoisotopic (exact) mass is 446 g/mol. The third-order valence-electron chi connectivity index (χ3n) is 4.51. The molecular weight excluding hydrogens is 433 g/mol. The van der Waals surface area contributed by atoms with Crippen molar-refractivity contribution in [3.8, 4) is 11.1 Å². The van der Waals surface area contributed by atoms with E-state index < -0.39 is 17.6 Å². The minimum absolute atomic E-state index is 0.0320. The highest BCUT2D eigenvalue weighted by Crippen LogP contribution is 2.39. The van der Waals surface area contributed by atoms with E-state index in [1.165, 1.54) is 17.4 Å². The van der Waals surface area contributed by atoms with Gasteiger partial charge in [0.2, 0.25) is 0 Å². The highest BCUT2D eigenvalue weighted by molar-refractivity contribution is 7.09. The van der Waals surface area contributed by atoms with Gasteiger partial charge < -0.3 is 5.32 Å². The second-order valence-corrected chi connectivity index (χ2v) is 7.97. The summed E-state index contributed by atoms with van der Waals surface area (Å²) in [4.78, 5) is 17.4. The third-order valence-corrected chi connectivity index (χ3v) is 5.70. The molecule has 3 nitrogen and oxygen atoms in total. The Hall–Kier alpha value is -2.90. The van der Waals surface area contributed by atoms with Crippen LogP contribution in [-0.4, -0.2) is 10.9 Å². The van der Waals surface area contributed by atoms with Gasteiger partial charge in [-0.15, -0.1) is 11.3 Å². The van der Waals surface area contributed by atoms with Gasteiger partial charge in [-0.1, -0.05) is 48.0 Å². The first-order valence-corrected chi connectivity index (χ1v) is 10.2. The van der Waals surface area contributed by atoms with Gasteiger partial charge in [-0.2, -0.15) is 13.2 Å². The fraction of sp³-hybridized carbons (Fsp3) is 0.0909. The van der Waals surface area contributed by atoms with Crippen molar-refractivity contribution < 1.29 is 18.0 Å². The molecule has 0 saturated carbocycles. The molecule has 4 rings (SSSR count). The smallest absolute Gasteiger partial charge is 0.346 e. The van der Waals surface area contributed by atoms with Crippen molar-refractivity contribution in [3.05, 3.63) is 87.2 Å². The van der Waals surface area contributed by atoms with E-state index in [2.05, 4.69) is 10.3 Å². The van der Waals surface area contributed by atoms with Crippen LogP contribution in [0.15, 0.2) is 66.0 Å². The molecule has 30 heavy (non-hydrogen) atoms. The van der Waals surface area contributed by atoms with Crippen molar-refractivity contribution in [2.75, 3.05) is 0 Å². The minimum atomic E-state index is -4.66. The lowest BCUT2D eigenvalue weighted by Gasteiger charge is -2.15. The van der Waals surface area contributed by atoms with E-state index in [1.807, 2.05) is 17.5 Å². The van der Waals surface area contributed by atoms with Crippen LogP contribution in [0.2, 0.25) is 5.02 Å². The molecule has 0 bridgehead atoms. The quantitative estimate of drug-likeness (QED) is 0.385. The van der Waals surface area contributed by atoms with Gasteiger partial charge in [-0.05, 0) is 40.8 Å². The molecule has 0 saturated heterocycles. The SMILES string of the molecule is O=C(NCc1cccs1)c1cc(Cl)c2cc(-c3ccccc3)cc(C(F)(F)F)c2n1. The predicted octanol–water partition coefficient (Wildman–Crippen LogP) is 6.57. The fourth-order valence-corrected chi connectivity index (χ4v) is 3.98. The summed E-state index contributed by atoms with van der Waals surface area (Å²) >= 11 is 7.76. The van der Waals surface area contributed by atoms with Crippen LogP contribution < -0.4 is 5.32 Å². The summed E-state index contributed by atoms with van der Waals surface area (Å²) in [6.07, 6.45) is -4.66. The lowest BCUT2D eigenvalue weighted by molar-refractivity contribution is -0.136. The summed E-state index contributed by atoms with van der Waals surface area (Å²) in [5, 5.41) is 4.70. The van der Waals surface area contributed by atoms with Crippen LogP contribution in [0.25, 0.3) is 22.0 Å². The van der Waals surface area contributed by atoms with Crippen LogP contribution in [0.1, 0.15) is 20.9 Å². The van der Waals surface area contributed by atoms with E-state index >= 15 is 0 Å². The lowest BCUT2D eigenvalue weighted by Crippen LogP contribution is -2.23. The highest BCUT2D eigenvalue weighted by Gasteiger charge is 2.34.